The van der Waals surface area contributed by atoms with Crippen LogP contribution in [0.5, 0.6) is 0 Å². The quantitative estimate of drug-likeness (QED) is 0.750. The summed E-state index contributed by atoms with van der Waals surface area (Å²) < 4.78 is 6.43. The average molecular weight is 405 g/mol. The van der Waals surface area contributed by atoms with Gasteiger partial charge in [-0.15, -0.1) is 0 Å². The molecule has 30 heavy (non-hydrogen) atoms. The molecule has 2 aromatic carbocycles. The maximum Gasteiger partial charge on any atom is 0.225 e. The number of benzene rings is 2. The van der Waals surface area contributed by atoms with Crippen molar-refractivity contribution < 1.29 is 9.53 Å². The number of amides is 1. The monoisotopic (exact) mass is 404 g/mol. The van der Waals surface area contributed by atoms with Gasteiger partial charge in [0.25, 0.3) is 0 Å². The van der Waals surface area contributed by atoms with E-state index in [9.17, 15) is 4.79 Å². The molecule has 4 nitrogen and oxygen atoms in total. The molecule has 158 valence electrons. The molecule has 1 amide bonds. The smallest absolute Gasteiger partial charge is 0.225 e. The first kappa shape index (κ1) is 19.8. The van der Waals surface area contributed by atoms with Crippen molar-refractivity contribution in [1.82, 2.24) is 9.80 Å². The summed E-state index contributed by atoms with van der Waals surface area (Å²) in [6.45, 7) is 8.06. The van der Waals surface area contributed by atoms with Gasteiger partial charge in [0.15, 0.2) is 0 Å². The fourth-order valence-corrected chi connectivity index (χ4v) is 5.69. The molecule has 3 heterocycles. The molecule has 0 saturated carbocycles. The number of hydrogen-bond donors (Lipinski definition) is 0. The van der Waals surface area contributed by atoms with Gasteiger partial charge in [-0.25, -0.2) is 0 Å². The predicted octanol–water partition coefficient (Wildman–Crippen LogP) is 4.55. The number of ether oxygens (including phenoxy) is 1. The molecule has 0 aliphatic carbocycles. The Morgan fingerprint density at radius 1 is 1.07 bits per heavy atom. The molecule has 0 radical (unpaired) electrons. The molecular formula is C26H32N2O2. The van der Waals surface area contributed by atoms with Crippen molar-refractivity contribution in [3.63, 3.8) is 0 Å². The molecule has 3 aliphatic heterocycles. The maximum atomic E-state index is 12.8. The summed E-state index contributed by atoms with van der Waals surface area (Å²) in [6.07, 6.45) is 2.54. The van der Waals surface area contributed by atoms with E-state index in [0.29, 0.717) is 30.8 Å². The predicted molar refractivity (Wildman–Crippen MR) is 119 cm³/mol. The molecule has 3 unspecified atom stereocenters. The van der Waals surface area contributed by atoms with Crippen LogP contribution in [0.2, 0.25) is 0 Å². The van der Waals surface area contributed by atoms with Crippen LogP contribution in [-0.4, -0.2) is 47.2 Å². The Bertz CT molecular complexity index is 895. The highest BCUT2D eigenvalue weighted by Gasteiger charge is 2.58. The number of likely N-dealkylation sites (tertiary alicyclic amines) is 1. The third kappa shape index (κ3) is 3.36. The van der Waals surface area contributed by atoms with Gasteiger partial charge in [0.05, 0.1) is 12.6 Å². The van der Waals surface area contributed by atoms with Crippen LogP contribution >= 0.6 is 0 Å². The van der Waals surface area contributed by atoms with Gasteiger partial charge in [0.2, 0.25) is 5.91 Å². The molecule has 3 aliphatic rings. The number of hydrogen-bond acceptors (Lipinski definition) is 3. The van der Waals surface area contributed by atoms with Gasteiger partial charge in [-0.05, 0) is 29.0 Å². The lowest BCUT2D eigenvalue weighted by Gasteiger charge is -2.53. The summed E-state index contributed by atoms with van der Waals surface area (Å²) in [5.74, 6) is 1.15. The van der Waals surface area contributed by atoms with Crippen molar-refractivity contribution in [2.75, 3.05) is 19.7 Å². The first-order chi connectivity index (χ1) is 14.6. The third-order valence-electron chi connectivity index (χ3n) is 7.36. The van der Waals surface area contributed by atoms with E-state index in [0.717, 1.165) is 32.5 Å². The Kier molecular flexibility index (Phi) is 5.16. The minimum Gasteiger partial charge on any atom is -0.353 e. The molecular weight excluding hydrogens is 372 g/mol. The Morgan fingerprint density at radius 3 is 2.53 bits per heavy atom. The van der Waals surface area contributed by atoms with E-state index in [1.54, 1.807) is 0 Å². The summed E-state index contributed by atoms with van der Waals surface area (Å²) in [5.41, 5.74) is 3.52. The summed E-state index contributed by atoms with van der Waals surface area (Å²) in [4.78, 5) is 17.5. The average Bonchev–Trinajstić information content (AvgIpc) is 3.17. The molecule has 0 aromatic heterocycles. The van der Waals surface area contributed by atoms with Crippen LogP contribution in [0.3, 0.4) is 0 Å². The van der Waals surface area contributed by atoms with E-state index >= 15 is 0 Å². The van der Waals surface area contributed by atoms with Crippen LogP contribution in [-0.2, 0) is 16.1 Å². The van der Waals surface area contributed by atoms with Gasteiger partial charge in [-0.1, -0.05) is 68.4 Å². The summed E-state index contributed by atoms with van der Waals surface area (Å²) >= 11 is 0. The second kappa shape index (κ2) is 7.82. The van der Waals surface area contributed by atoms with Gasteiger partial charge < -0.3 is 9.64 Å². The van der Waals surface area contributed by atoms with E-state index in [4.69, 9.17) is 4.74 Å². The first-order valence-corrected chi connectivity index (χ1v) is 11.4. The fourth-order valence-electron chi connectivity index (χ4n) is 5.69. The van der Waals surface area contributed by atoms with Crippen LogP contribution in [0.15, 0.2) is 54.6 Å². The number of carbonyl (C=O) groups is 1. The molecule has 4 heteroatoms. The highest BCUT2D eigenvalue weighted by molar-refractivity contribution is 5.78. The Balaban J connectivity index is 1.28. The van der Waals surface area contributed by atoms with Crippen molar-refractivity contribution in [1.29, 1.82) is 0 Å². The zero-order valence-corrected chi connectivity index (χ0v) is 18.1. The topological polar surface area (TPSA) is 32.8 Å². The van der Waals surface area contributed by atoms with Crippen LogP contribution in [0, 0.1) is 11.8 Å². The number of rotatable bonds is 4. The third-order valence-corrected chi connectivity index (χ3v) is 7.36. The minimum absolute atomic E-state index is 0.234. The summed E-state index contributed by atoms with van der Waals surface area (Å²) in [5, 5.41) is 0. The van der Waals surface area contributed by atoms with Gasteiger partial charge in [0.1, 0.15) is 5.72 Å². The van der Waals surface area contributed by atoms with Crippen molar-refractivity contribution in [2.45, 2.75) is 51.4 Å². The van der Waals surface area contributed by atoms with Crippen LogP contribution in [0.1, 0.15) is 38.7 Å². The first-order valence-electron chi connectivity index (χ1n) is 11.4. The van der Waals surface area contributed by atoms with E-state index < -0.39 is 0 Å². The number of nitrogens with zero attached hydrogens (tertiary/aromatic N) is 2. The highest BCUT2D eigenvalue weighted by atomic mass is 16.5. The second-order valence-electron chi connectivity index (χ2n) is 9.51. The van der Waals surface area contributed by atoms with Crippen molar-refractivity contribution in [3.8, 4) is 11.1 Å². The zero-order chi connectivity index (χ0) is 20.7. The Morgan fingerprint density at radius 2 is 1.80 bits per heavy atom. The lowest BCUT2D eigenvalue weighted by molar-refractivity contribution is -0.193. The van der Waals surface area contributed by atoms with Crippen molar-refractivity contribution in [2.24, 2.45) is 11.8 Å². The lowest BCUT2D eigenvalue weighted by atomic mass is 9.79. The van der Waals surface area contributed by atoms with Crippen molar-refractivity contribution in [3.05, 3.63) is 60.2 Å². The van der Waals surface area contributed by atoms with Gasteiger partial charge in [-0.2, -0.15) is 0 Å². The summed E-state index contributed by atoms with van der Waals surface area (Å²) in [6, 6.07) is 19.7. The van der Waals surface area contributed by atoms with E-state index in [2.05, 4.69) is 78.2 Å². The molecule has 3 atom stereocenters. The number of piperidine rings is 2. The Hall–Kier alpha value is -2.17. The van der Waals surface area contributed by atoms with Gasteiger partial charge in [0, 0.05) is 38.4 Å². The van der Waals surface area contributed by atoms with Crippen LogP contribution in [0.25, 0.3) is 11.1 Å². The lowest BCUT2D eigenvalue weighted by Crippen LogP contribution is -2.65. The molecule has 2 aromatic rings. The molecule has 3 fully saturated rings. The van der Waals surface area contributed by atoms with Crippen LogP contribution < -0.4 is 0 Å². The standard InChI is InChI=1S/C26H32N2O2/c1-19(2)24-18-30-26-14-15-27(17-23(26)12-13-25(29)28(24)26)16-20-8-10-22(11-9-20)21-6-4-3-5-7-21/h3-11,19,23-24H,12-18H2,1-2H3. The van der Waals surface area contributed by atoms with Gasteiger partial charge >= 0.3 is 0 Å². The van der Waals surface area contributed by atoms with E-state index in [1.165, 1.54) is 16.7 Å². The molecule has 1 spiro atoms. The zero-order valence-electron chi connectivity index (χ0n) is 18.1. The SMILES string of the molecule is CC(C)C1COC23CCN(Cc4ccc(-c5ccccc5)cc4)CC2CCC(=O)N13. The fraction of sp³-hybridized carbons (Fsp3) is 0.500. The van der Waals surface area contributed by atoms with Crippen molar-refractivity contribution >= 4 is 5.91 Å². The Labute approximate surface area is 179 Å². The molecule has 5 rings (SSSR count). The second-order valence-corrected chi connectivity index (χ2v) is 9.51. The molecule has 0 N–H and O–H groups in total. The maximum absolute atomic E-state index is 12.8. The normalized spacial score (nSPS) is 29.2. The van der Waals surface area contributed by atoms with E-state index in [1.807, 2.05) is 0 Å². The molecule has 3 saturated heterocycles. The van der Waals surface area contributed by atoms with Crippen LogP contribution in [0.4, 0.5) is 0 Å². The minimum atomic E-state index is -0.349. The van der Waals surface area contributed by atoms with Gasteiger partial charge in [-0.3, -0.25) is 9.69 Å². The largest absolute Gasteiger partial charge is 0.353 e. The highest BCUT2D eigenvalue weighted by Crippen LogP contribution is 2.47. The summed E-state index contributed by atoms with van der Waals surface area (Å²) in [7, 11) is 0. The number of carbonyl (C=O) groups excluding carboxylic acids is 1. The molecule has 0 bridgehead atoms. The van der Waals surface area contributed by atoms with E-state index in [-0.39, 0.29) is 11.8 Å².